The van der Waals surface area contributed by atoms with Crippen LogP contribution < -0.4 is 0 Å². The van der Waals surface area contributed by atoms with Crippen LogP contribution in [0.3, 0.4) is 0 Å². The van der Waals surface area contributed by atoms with Gasteiger partial charge >= 0.3 is 0 Å². The molecule has 2 aromatic rings. The van der Waals surface area contributed by atoms with E-state index in [0.717, 1.165) is 18.7 Å². The van der Waals surface area contributed by atoms with Crippen LogP contribution in [0.4, 0.5) is 0 Å². The fourth-order valence-corrected chi connectivity index (χ4v) is 3.86. The van der Waals surface area contributed by atoms with Crippen LogP contribution in [0, 0.1) is 0 Å². The van der Waals surface area contributed by atoms with E-state index in [9.17, 15) is 14.7 Å². The molecule has 1 unspecified atom stereocenters. The molecule has 1 aliphatic heterocycles. The maximum Gasteiger partial charge on any atom is 0.295 e. The molecule has 1 amide bonds. The van der Waals surface area contributed by atoms with E-state index in [0.29, 0.717) is 23.7 Å². The van der Waals surface area contributed by atoms with Crippen molar-refractivity contribution in [2.75, 3.05) is 26.2 Å². The van der Waals surface area contributed by atoms with Gasteiger partial charge in [-0.1, -0.05) is 67.9 Å². The van der Waals surface area contributed by atoms with Crippen LogP contribution in [0.15, 0.2) is 60.2 Å². The van der Waals surface area contributed by atoms with Crippen LogP contribution in [0.1, 0.15) is 31.0 Å². The summed E-state index contributed by atoms with van der Waals surface area (Å²) < 4.78 is 0. The van der Waals surface area contributed by atoms with E-state index >= 15 is 0 Å². The van der Waals surface area contributed by atoms with Crippen LogP contribution in [-0.2, 0) is 9.59 Å². The molecule has 0 radical (unpaired) electrons. The summed E-state index contributed by atoms with van der Waals surface area (Å²) in [6.07, 6.45) is 0. The number of likely N-dealkylation sites (tertiary alicyclic amines) is 1. The molecule has 6 heteroatoms. The molecule has 1 saturated heterocycles. The number of likely N-dealkylation sites (N-methyl/N-ethyl adjacent to an activating group) is 1. The van der Waals surface area contributed by atoms with Gasteiger partial charge in [0.25, 0.3) is 11.7 Å². The average molecular weight is 413 g/mol. The summed E-state index contributed by atoms with van der Waals surface area (Å²) in [5.74, 6) is -1.46. The van der Waals surface area contributed by atoms with Crippen LogP contribution >= 0.6 is 11.6 Å². The number of aliphatic hydroxyl groups excluding tert-OH is 1. The Labute approximate surface area is 176 Å². The molecule has 152 valence electrons. The third-order valence-corrected chi connectivity index (χ3v) is 5.54. The number of hydrogen-bond acceptors (Lipinski definition) is 4. The lowest BCUT2D eigenvalue weighted by atomic mass is 9.95. The Morgan fingerprint density at radius 3 is 2.38 bits per heavy atom. The minimum absolute atomic E-state index is 0.100. The Morgan fingerprint density at radius 1 is 1.07 bits per heavy atom. The summed E-state index contributed by atoms with van der Waals surface area (Å²) in [4.78, 5) is 29.6. The van der Waals surface area contributed by atoms with Crippen molar-refractivity contribution < 1.29 is 14.7 Å². The first-order valence-electron chi connectivity index (χ1n) is 9.79. The average Bonchev–Trinajstić information content (AvgIpc) is 2.99. The molecule has 0 aromatic heterocycles. The molecule has 0 bridgehead atoms. The molecule has 2 aromatic carbocycles. The molecule has 1 heterocycles. The van der Waals surface area contributed by atoms with Gasteiger partial charge in [-0.15, -0.1) is 0 Å². The molecule has 1 N–H and O–H groups in total. The van der Waals surface area contributed by atoms with E-state index in [2.05, 4.69) is 18.7 Å². The SMILES string of the molecule is CCN(CC)CCN1C(=O)C(=O)/C(=C(\O)c2cccc(Cl)c2)C1c1ccccc1. The molecular weight excluding hydrogens is 388 g/mol. The van der Waals surface area contributed by atoms with Gasteiger partial charge in [0.15, 0.2) is 0 Å². The molecule has 5 nitrogen and oxygen atoms in total. The topological polar surface area (TPSA) is 60.9 Å². The first-order chi connectivity index (χ1) is 14.0. The summed E-state index contributed by atoms with van der Waals surface area (Å²) in [5, 5.41) is 11.4. The first kappa shape index (κ1) is 21.1. The number of benzene rings is 2. The molecule has 1 fully saturated rings. The minimum Gasteiger partial charge on any atom is -0.507 e. The summed E-state index contributed by atoms with van der Waals surface area (Å²) in [7, 11) is 0. The van der Waals surface area contributed by atoms with Gasteiger partial charge in [-0.3, -0.25) is 9.59 Å². The molecule has 1 aliphatic rings. The second-order valence-electron chi connectivity index (χ2n) is 6.94. The zero-order valence-corrected chi connectivity index (χ0v) is 17.4. The molecular formula is C23H25ClN2O3. The summed E-state index contributed by atoms with van der Waals surface area (Å²) >= 11 is 6.06. The lowest BCUT2D eigenvalue weighted by Gasteiger charge is -2.28. The number of halogens is 1. The Balaban J connectivity index is 2.08. The first-order valence-corrected chi connectivity index (χ1v) is 10.2. The summed E-state index contributed by atoms with van der Waals surface area (Å²) in [6, 6.07) is 15.3. The third-order valence-electron chi connectivity index (χ3n) is 5.30. The van der Waals surface area contributed by atoms with Gasteiger partial charge in [-0.2, -0.15) is 0 Å². The fraction of sp³-hybridized carbons (Fsp3) is 0.304. The smallest absolute Gasteiger partial charge is 0.295 e. The van der Waals surface area contributed by atoms with Gasteiger partial charge < -0.3 is 14.9 Å². The maximum absolute atomic E-state index is 12.9. The molecule has 29 heavy (non-hydrogen) atoms. The van der Waals surface area contributed by atoms with E-state index in [1.165, 1.54) is 0 Å². The number of nitrogens with zero attached hydrogens (tertiary/aromatic N) is 2. The zero-order valence-electron chi connectivity index (χ0n) is 16.6. The Morgan fingerprint density at radius 2 is 1.76 bits per heavy atom. The molecule has 3 rings (SSSR count). The standard InChI is InChI=1S/C23H25ClN2O3/c1-3-25(4-2)13-14-26-20(16-9-6-5-7-10-16)19(22(28)23(26)29)21(27)17-11-8-12-18(24)15-17/h5-12,15,20,27H,3-4,13-14H2,1-2H3/b21-19-. The maximum atomic E-state index is 12.9. The molecule has 0 aliphatic carbocycles. The van der Waals surface area contributed by atoms with E-state index in [-0.39, 0.29) is 11.3 Å². The highest BCUT2D eigenvalue weighted by Gasteiger charge is 2.45. The van der Waals surface area contributed by atoms with Crippen molar-refractivity contribution in [3.63, 3.8) is 0 Å². The predicted molar refractivity (Wildman–Crippen MR) is 115 cm³/mol. The van der Waals surface area contributed by atoms with E-state index < -0.39 is 17.7 Å². The second-order valence-corrected chi connectivity index (χ2v) is 7.38. The number of carbonyl (C=O) groups is 2. The van der Waals surface area contributed by atoms with Crippen LogP contribution in [0.25, 0.3) is 5.76 Å². The van der Waals surface area contributed by atoms with Crippen molar-refractivity contribution in [3.8, 4) is 0 Å². The van der Waals surface area contributed by atoms with Crippen molar-refractivity contribution in [1.29, 1.82) is 0 Å². The van der Waals surface area contributed by atoms with Gasteiger partial charge in [0.05, 0.1) is 11.6 Å². The van der Waals surface area contributed by atoms with Gasteiger partial charge in [-0.05, 0) is 30.8 Å². The highest BCUT2D eigenvalue weighted by atomic mass is 35.5. The van der Waals surface area contributed by atoms with Crippen LogP contribution in [0.2, 0.25) is 5.02 Å². The largest absolute Gasteiger partial charge is 0.507 e. The van der Waals surface area contributed by atoms with E-state index in [4.69, 9.17) is 11.6 Å². The number of rotatable bonds is 7. The molecule has 0 spiro atoms. The van der Waals surface area contributed by atoms with Crippen molar-refractivity contribution in [2.45, 2.75) is 19.9 Å². The van der Waals surface area contributed by atoms with Crippen molar-refractivity contribution >= 4 is 29.1 Å². The third kappa shape index (κ3) is 4.36. The van der Waals surface area contributed by atoms with Crippen LogP contribution in [-0.4, -0.2) is 52.8 Å². The Hall–Kier alpha value is -2.63. The van der Waals surface area contributed by atoms with Gasteiger partial charge in [0.1, 0.15) is 5.76 Å². The van der Waals surface area contributed by atoms with Gasteiger partial charge in [0.2, 0.25) is 0 Å². The van der Waals surface area contributed by atoms with Gasteiger partial charge in [0, 0.05) is 23.7 Å². The number of ketones is 1. The minimum atomic E-state index is -0.670. The highest BCUT2D eigenvalue weighted by Crippen LogP contribution is 2.39. The normalized spacial score (nSPS) is 18.6. The quantitative estimate of drug-likeness (QED) is 0.422. The Bertz CT molecular complexity index is 923. The highest BCUT2D eigenvalue weighted by molar-refractivity contribution is 6.46. The summed E-state index contributed by atoms with van der Waals surface area (Å²) in [5.41, 5.74) is 1.30. The number of aliphatic hydroxyl groups is 1. The second kappa shape index (κ2) is 9.25. The number of amides is 1. The number of hydrogen-bond donors (Lipinski definition) is 1. The monoisotopic (exact) mass is 412 g/mol. The van der Waals surface area contributed by atoms with Crippen molar-refractivity contribution in [1.82, 2.24) is 9.80 Å². The Kier molecular flexibility index (Phi) is 6.72. The number of carbonyl (C=O) groups excluding carboxylic acids is 2. The predicted octanol–water partition coefficient (Wildman–Crippen LogP) is 4.10. The van der Waals surface area contributed by atoms with E-state index in [1.807, 2.05) is 30.3 Å². The zero-order chi connectivity index (χ0) is 21.0. The van der Waals surface area contributed by atoms with E-state index in [1.54, 1.807) is 29.2 Å². The lowest BCUT2D eigenvalue weighted by Crippen LogP contribution is -2.38. The fourth-order valence-electron chi connectivity index (χ4n) is 3.67. The number of Topliss-reactive ketones (excluding diaryl/α,β-unsaturated/α-hetero) is 1. The van der Waals surface area contributed by atoms with Crippen molar-refractivity contribution in [2.24, 2.45) is 0 Å². The lowest BCUT2D eigenvalue weighted by molar-refractivity contribution is -0.140. The molecule has 0 saturated carbocycles. The summed E-state index contributed by atoms with van der Waals surface area (Å²) in [6.45, 7) is 6.90. The molecule has 1 atom stereocenters. The van der Waals surface area contributed by atoms with Crippen molar-refractivity contribution in [3.05, 3.63) is 76.3 Å². The van der Waals surface area contributed by atoms with Crippen LogP contribution in [0.5, 0.6) is 0 Å². The van der Waals surface area contributed by atoms with Gasteiger partial charge in [-0.25, -0.2) is 0 Å².